The van der Waals surface area contributed by atoms with Gasteiger partial charge in [0.15, 0.2) is 0 Å². The average Bonchev–Trinajstić information content (AvgIpc) is 3.64. The lowest BCUT2D eigenvalue weighted by molar-refractivity contribution is -0.870. The zero-order valence-electron chi connectivity index (χ0n) is 59.1. The minimum Gasteiger partial charge on any atom is -0.756 e. The number of hydrogen-bond donors (Lipinski definition) is 1. The number of rotatable bonds is 68. The first kappa shape index (κ1) is 85.9. The van der Waals surface area contributed by atoms with Gasteiger partial charge in [-0.25, -0.2) is 0 Å². The van der Waals surface area contributed by atoms with Crippen molar-refractivity contribution < 1.29 is 37.3 Å². The zero-order valence-corrected chi connectivity index (χ0v) is 60.0. The van der Waals surface area contributed by atoms with Gasteiger partial charge in [0, 0.05) is 12.8 Å². The summed E-state index contributed by atoms with van der Waals surface area (Å²) >= 11 is 0. The first-order valence-electron chi connectivity index (χ1n) is 37.5. The summed E-state index contributed by atoms with van der Waals surface area (Å²) in [5.74, 6) is -0.547. The van der Waals surface area contributed by atoms with E-state index in [1.807, 2.05) is 33.3 Å². The highest BCUT2D eigenvalue weighted by Crippen LogP contribution is 2.38. The molecule has 89 heavy (non-hydrogen) atoms. The molecule has 0 radical (unpaired) electrons. The van der Waals surface area contributed by atoms with Crippen molar-refractivity contribution in [2.45, 2.75) is 354 Å². The standard InChI is InChI=1S/C79H143N2O7P/c1-7-10-13-16-19-22-25-28-30-32-34-36-38-39-40-41-43-45-47-49-51-54-57-60-63-66-69-72-79(83)88-77(70-67-64-61-58-55-52-27-24-21-18-15-12-9-3)76(75-87-89(84,85)86-74-73-81(4,5)6)80-78(82)71-68-65-62-59-56-53-50-48-46-44-42-37-35-33-31-29-26-23-20-17-14-11-8-2/h19-20,22-23,28-31,34-37,44,46,67,70,76-77H,7-18,21,24-27,32-33,38-43,45,47-66,68-69,71-75H2,1-6H3,(H-,80,82,84,85)/b22-19-,23-20-,30-28-,31-29-,36-34-,37-35-,46-44-,70-67+. The normalized spacial score (nSPS) is 14.0. The summed E-state index contributed by atoms with van der Waals surface area (Å²) in [4.78, 5) is 40.3. The van der Waals surface area contributed by atoms with Crippen LogP contribution in [0.15, 0.2) is 97.2 Å². The topological polar surface area (TPSA) is 114 Å². The number of unbranched alkanes of at least 4 members (excludes halogenated alkanes) is 38. The van der Waals surface area contributed by atoms with Gasteiger partial charge in [-0.3, -0.25) is 14.2 Å². The Kier molecular flexibility index (Phi) is 65.5. The van der Waals surface area contributed by atoms with Crippen molar-refractivity contribution in [3.8, 4) is 0 Å². The van der Waals surface area contributed by atoms with Crippen LogP contribution in [0.5, 0.6) is 0 Å². The Labute approximate surface area is 551 Å². The Morgan fingerprint density at radius 2 is 0.685 bits per heavy atom. The van der Waals surface area contributed by atoms with Gasteiger partial charge in [-0.1, -0.05) is 311 Å². The van der Waals surface area contributed by atoms with E-state index in [-0.39, 0.29) is 24.9 Å². The maximum atomic E-state index is 13.6. The van der Waals surface area contributed by atoms with E-state index in [1.54, 1.807) is 0 Å². The summed E-state index contributed by atoms with van der Waals surface area (Å²) in [5.41, 5.74) is 0. The molecule has 0 aliphatic heterocycles. The number of esters is 1. The summed E-state index contributed by atoms with van der Waals surface area (Å²) in [6.07, 6.45) is 92.4. The Balaban J connectivity index is 5.06. The van der Waals surface area contributed by atoms with E-state index < -0.39 is 26.6 Å². The van der Waals surface area contributed by atoms with Gasteiger partial charge in [0.25, 0.3) is 7.82 Å². The van der Waals surface area contributed by atoms with Crippen molar-refractivity contribution in [1.82, 2.24) is 5.32 Å². The number of carbonyl (C=O) groups is 2. The number of likely N-dealkylation sites (N-methyl/N-ethyl adjacent to an activating group) is 1. The molecule has 0 rings (SSSR count). The van der Waals surface area contributed by atoms with Gasteiger partial charge in [0.1, 0.15) is 19.3 Å². The molecule has 3 atom stereocenters. The molecule has 1 N–H and O–H groups in total. The quantitative estimate of drug-likeness (QED) is 0.0212. The molecule has 0 spiro atoms. The Morgan fingerprint density at radius 3 is 1.04 bits per heavy atom. The third-order valence-corrected chi connectivity index (χ3v) is 17.5. The molecule has 516 valence electrons. The van der Waals surface area contributed by atoms with Crippen LogP contribution in [0.2, 0.25) is 0 Å². The van der Waals surface area contributed by atoms with Gasteiger partial charge in [0.2, 0.25) is 5.91 Å². The van der Waals surface area contributed by atoms with Crippen molar-refractivity contribution in [3.63, 3.8) is 0 Å². The van der Waals surface area contributed by atoms with Crippen molar-refractivity contribution in [2.75, 3.05) is 40.9 Å². The fourth-order valence-electron chi connectivity index (χ4n) is 10.7. The molecule has 10 heteroatoms. The summed E-state index contributed by atoms with van der Waals surface area (Å²) in [6, 6.07) is -0.901. The van der Waals surface area contributed by atoms with Crippen LogP contribution in [0, 0.1) is 0 Å². The first-order chi connectivity index (χ1) is 43.4. The minimum absolute atomic E-state index is 0.0277. The van der Waals surface area contributed by atoms with Crippen molar-refractivity contribution in [1.29, 1.82) is 0 Å². The molecule has 0 saturated carbocycles. The molecule has 0 heterocycles. The molecule has 3 unspecified atom stereocenters. The summed E-state index contributed by atoms with van der Waals surface area (Å²) in [7, 11) is 1.18. The fraction of sp³-hybridized carbons (Fsp3) is 0.772. The van der Waals surface area contributed by atoms with Crippen LogP contribution in [0.3, 0.4) is 0 Å². The van der Waals surface area contributed by atoms with Crippen LogP contribution in [0.4, 0.5) is 0 Å². The first-order valence-corrected chi connectivity index (χ1v) is 39.0. The second-order valence-corrected chi connectivity index (χ2v) is 27.9. The fourth-order valence-corrected chi connectivity index (χ4v) is 11.4. The molecule has 1 amide bonds. The van der Waals surface area contributed by atoms with Gasteiger partial charge in [-0.15, -0.1) is 0 Å². The number of ether oxygens (including phenoxy) is 1. The summed E-state index contributed by atoms with van der Waals surface area (Å²) in [5, 5.41) is 3.04. The summed E-state index contributed by atoms with van der Waals surface area (Å²) in [6.45, 7) is 6.81. The second-order valence-electron chi connectivity index (χ2n) is 26.4. The van der Waals surface area contributed by atoms with Crippen LogP contribution in [-0.4, -0.2) is 69.4 Å². The molecule has 0 aromatic rings. The molecule has 0 aliphatic carbocycles. The molecule has 0 aromatic heterocycles. The van der Waals surface area contributed by atoms with Crippen LogP contribution in [-0.2, 0) is 27.9 Å². The van der Waals surface area contributed by atoms with E-state index in [0.717, 1.165) is 103 Å². The molecular weight excluding hydrogens is 1120 g/mol. The Bertz CT molecular complexity index is 1840. The number of phosphoric ester groups is 1. The van der Waals surface area contributed by atoms with Crippen LogP contribution in [0.25, 0.3) is 0 Å². The van der Waals surface area contributed by atoms with Gasteiger partial charge in [-0.2, -0.15) is 0 Å². The van der Waals surface area contributed by atoms with Gasteiger partial charge >= 0.3 is 5.97 Å². The maximum Gasteiger partial charge on any atom is 0.306 e. The maximum absolute atomic E-state index is 13.6. The van der Waals surface area contributed by atoms with E-state index in [9.17, 15) is 19.0 Å². The highest BCUT2D eigenvalue weighted by Gasteiger charge is 2.27. The average molecular weight is 1260 g/mol. The number of nitrogens with zero attached hydrogens (tertiary/aromatic N) is 1. The Morgan fingerprint density at radius 1 is 0.393 bits per heavy atom. The monoisotopic (exact) mass is 1260 g/mol. The largest absolute Gasteiger partial charge is 0.756 e. The number of nitrogens with one attached hydrogen (secondary N) is 1. The highest BCUT2D eigenvalue weighted by atomic mass is 31.2. The van der Waals surface area contributed by atoms with Gasteiger partial charge in [-0.05, 0) is 115 Å². The molecule has 0 bridgehead atoms. The molecule has 9 nitrogen and oxygen atoms in total. The number of quaternary nitrogens is 1. The third kappa shape index (κ3) is 69.1. The van der Waals surface area contributed by atoms with Crippen LogP contribution in [0.1, 0.15) is 342 Å². The minimum atomic E-state index is -4.72. The van der Waals surface area contributed by atoms with E-state index in [4.69, 9.17) is 13.8 Å². The van der Waals surface area contributed by atoms with Crippen LogP contribution < -0.4 is 10.2 Å². The lowest BCUT2D eigenvalue weighted by Gasteiger charge is -2.30. The molecule has 0 aliphatic rings. The van der Waals surface area contributed by atoms with Crippen LogP contribution >= 0.6 is 7.82 Å². The summed E-state index contributed by atoms with van der Waals surface area (Å²) < 4.78 is 30.5. The van der Waals surface area contributed by atoms with Crippen molar-refractivity contribution in [3.05, 3.63) is 97.2 Å². The predicted molar refractivity (Wildman–Crippen MR) is 385 cm³/mol. The van der Waals surface area contributed by atoms with E-state index >= 15 is 0 Å². The molecule has 0 fully saturated rings. The second kappa shape index (κ2) is 67.8. The third-order valence-electron chi connectivity index (χ3n) is 16.5. The number of amides is 1. The van der Waals surface area contributed by atoms with Gasteiger partial charge in [0.05, 0.1) is 33.8 Å². The number of hydrogen-bond acceptors (Lipinski definition) is 7. The zero-order chi connectivity index (χ0) is 64.9. The lowest BCUT2D eigenvalue weighted by Crippen LogP contribution is -2.47. The smallest absolute Gasteiger partial charge is 0.306 e. The lowest BCUT2D eigenvalue weighted by atomic mass is 10.0. The predicted octanol–water partition coefficient (Wildman–Crippen LogP) is 23.6. The molecular formula is C79H143N2O7P. The number of carbonyl (C=O) groups excluding carboxylic acids is 2. The van der Waals surface area contributed by atoms with Crippen molar-refractivity contribution >= 4 is 19.7 Å². The van der Waals surface area contributed by atoms with Gasteiger partial charge < -0.3 is 28.5 Å². The van der Waals surface area contributed by atoms with E-state index in [1.165, 1.54) is 205 Å². The SMILES string of the molecule is CCCCC/C=C\C/C=C\C/C=C\C/C=C\CCCCCCCCCC(=O)NC(COP(=O)([O-])OCC[N+](C)(C)C)C(/C=C/CCCCCCCCCCCCC)OC(=O)CCCCCCCCCCCCCCCC/C=C\C/C=C\C/C=C\CCCCC. The molecule has 0 aromatic carbocycles. The van der Waals surface area contributed by atoms with Crippen molar-refractivity contribution in [2.24, 2.45) is 0 Å². The van der Waals surface area contributed by atoms with E-state index in [2.05, 4.69) is 111 Å². The highest BCUT2D eigenvalue weighted by molar-refractivity contribution is 7.45. The molecule has 0 saturated heterocycles. The number of allylic oxidation sites excluding steroid dienone is 15. The van der Waals surface area contributed by atoms with E-state index in [0.29, 0.717) is 17.4 Å². The Hall–Kier alpha value is -3.07. The number of phosphoric acid groups is 1.